The zero-order valence-corrected chi connectivity index (χ0v) is 12.8. The fourth-order valence-electron chi connectivity index (χ4n) is 2.97. The summed E-state index contributed by atoms with van der Waals surface area (Å²) in [6.07, 6.45) is 7.15. The molecule has 5 heteroatoms. The number of aliphatic hydroxyl groups is 1. The predicted octanol–water partition coefficient (Wildman–Crippen LogP) is 1.91. The number of nitrogens with zero attached hydrogens (tertiary/aromatic N) is 1. The summed E-state index contributed by atoms with van der Waals surface area (Å²) in [5.41, 5.74) is 0. The molecule has 1 heterocycles. The molecular formula is C16H26N2O3. The molecule has 1 aromatic rings. The molecule has 0 unspecified atom stereocenters. The maximum atomic E-state index is 12.1. The third-order valence-electron chi connectivity index (χ3n) is 3.98. The van der Waals surface area contributed by atoms with Crippen LogP contribution in [0.5, 0.6) is 0 Å². The van der Waals surface area contributed by atoms with Gasteiger partial charge in [-0.2, -0.15) is 0 Å². The first-order valence-corrected chi connectivity index (χ1v) is 7.86. The van der Waals surface area contributed by atoms with Crippen LogP contribution in [0.15, 0.2) is 22.8 Å². The highest BCUT2D eigenvalue weighted by Crippen LogP contribution is 2.22. The van der Waals surface area contributed by atoms with Gasteiger partial charge < -0.3 is 14.8 Å². The van der Waals surface area contributed by atoms with Gasteiger partial charge in [0.2, 0.25) is 5.91 Å². The molecule has 0 bridgehead atoms. The van der Waals surface area contributed by atoms with Crippen LogP contribution in [0.3, 0.4) is 0 Å². The minimum atomic E-state index is -0.412. The molecule has 1 fully saturated rings. The van der Waals surface area contributed by atoms with Crippen LogP contribution >= 0.6 is 0 Å². The van der Waals surface area contributed by atoms with Crippen molar-refractivity contribution in [3.63, 3.8) is 0 Å². The van der Waals surface area contributed by atoms with Crippen LogP contribution in [0.4, 0.5) is 0 Å². The normalized spacial score (nSPS) is 17.9. The minimum Gasteiger partial charge on any atom is -0.467 e. The molecule has 1 aliphatic carbocycles. The van der Waals surface area contributed by atoms with Gasteiger partial charge in [0.25, 0.3) is 0 Å². The first-order chi connectivity index (χ1) is 10.1. The van der Waals surface area contributed by atoms with Crippen LogP contribution < -0.4 is 5.32 Å². The Kier molecular flexibility index (Phi) is 6.26. The number of aliphatic hydroxyl groups excluding tert-OH is 1. The van der Waals surface area contributed by atoms with E-state index in [1.54, 1.807) is 13.2 Å². The van der Waals surface area contributed by atoms with Gasteiger partial charge in [0, 0.05) is 12.6 Å². The van der Waals surface area contributed by atoms with Crippen molar-refractivity contribution >= 4 is 5.91 Å². The highest BCUT2D eigenvalue weighted by Gasteiger charge is 2.24. The first-order valence-electron chi connectivity index (χ1n) is 7.86. The van der Waals surface area contributed by atoms with Crippen molar-refractivity contribution in [1.82, 2.24) is 10.2 Å². The predicted molar refractivity (Wildman–Crippen MR) is 80.7 cm³/mol. The van der Waals surface area contributed by atoms with Crippen LogP contribution in [0, 0.1) is 0 Å². The van der Waals surface area contributed by atoms with Crippen LogP contribution in [0.1, 0.15) is 44.8 Å². The van der Waals surface area contributed by atoms with E-state index >= 15 is 0 Å². The molecule has 0 aliphatic heterocycles. The number of rotatable bonds is 7. The van der Waals surface area contributed by atoms with Crippen molar-refractivity contribution in [3.05, 3.63) is 24.2 Å². The fourth-order valence-corrected chi connectivity index (χ4v) is 2.97. The zero-order chi connectivity index (χ0) is 15.1. The van der Waals surface area contributed by atoms with Crippen molar-refractivity contribution in [1.29, 1.82) is 0 Å². The van der Waals surface area contributed by atoms with Gasteiger partial charge >= 0.3 is 0 Å². The van der Waals surface area contributed by atoms with Crippen molar-refractivity contribution in [2.24, 2.45) is 0 Å². The molecule has 0 aromatic carbocycles. The standard InChI is InChI=1S/C16H26N2O3/c1-13(19)11-18(14-6-3-2-4-7-14)12-16(20)17-10-15-8-5-9-21-15/h5,8-9,13-14,19H,2-4,6-7,10-12H2,1H3,(H,17,20)/t13-/m1/s1. The van der Waals surface area contributed by atoms with E-state index in [1.165, 1.54) is 19.3 Å². The molecule has 5 nitrogen and oxygen atoms in total. The van der Waals surface area contributed by atoms with E-state index in [0.717, 1.165) is 18.6 Å². The van der Waals surface area contributed by atoms with Crippen LogP contribution in [-0.2, 0) is 11.3 Å². The second-order valence-corrected chi connectivity index (χ2v) is 5.93. The molecule has 21 heavy (non-hydrogen) atoms. The lowest BCUT2D eigenvalue weighted by Crippen LogP contribution is -2.46. The number of carbonyl (C=O) groups excluding carboxylic acids is 1. The number of amides is 1. The van der Waals surface area contributed by atoms with Crippen molar-refractivity contribution in [2.75, 3.05) is 13.1 Å². The average Bonchev–Trinajstić information content (AvgIpc) is 2.98. The number of furan rings is 1. The van der Waals surface area contributed by atoms with Crippen molar-refractivity contribution in [2.45, 2.75) is 57.7 Å². The molecule has 1 atom stereocenters. The molecule has 118 valence electrons. The largest absolute Gasteiger partial charge is 0.467 e. The molecule has 1 aromatic heterocycles. The summed E-state index contributed by atoms with van der Waals surface area (Å²) in [6.45, 7) is 3.09. The molecule has 2 N–H and O–H groups in total. The zero-order valence-electron chi connectivity index (χ0n) is 12.8. The summed E-state index contributed by atoms with van der Waals surface area (Å²) < 4.78 is 5.20. The quantitative estimate of drug-likeness (QED) is 0.806. The Morgan fingerprint density at radius 3 is 2.86 bits per heavy atom. The minimum absolute atomic E-state index is 0.0161. The van der Waals surface area contributed by atoms with E-state index < -0.39 is 6.10 Å². The second-order valence-electron chi connectivity index (χ2n) is 5.93. The Labute approximate surface area is 126 Å². The van der Waals surface area contributed by atoms with E-state index in [4.69, 9.17) is 4.42 Å². The van der Waals surface area contributed by atoms with E-state index in [1.807, 2.05) is 12.1 Å². The molecule has 1 amide bonds. The van der Waals surface area contributed by atoms with Crippen LogP contribution in [0.25, 0.3) is 0 Å². The highest BCUT2D eigenvalue weighted by atomic mass is 16.3. The van der Waals surface area contributed by atoms with E-state index in [9.17, 15) is 9.90 Å². The van der Waals surface area contributed by atoms with Gasteiger partial charge in [-0.3, -0.25) is 9.69 Å². The Balaban J connectivity index is 1.83. The monoisotopic (exact) mass is 294 g/mol. The smallest absolute Gasteiger partial charge is 0.234 e. The maximum absolute atomic E-state index is 12.1. The number of hydrogen-bond donors (Lipinski definition) is 2. The first kappa shape index (κ1) is 16.0. The Bertz CT molecular complexity index is 411. The van der Waals surface area contributed by atoms with Crippen molar-refractivity contribution in [3.8, 4) is 0 Å². The SMILES string of the molecule is C[C@@H](O)CN(CC(=O)NCc1ccco1)C1CCCCC1. The topological polar surface area (TPSA) is 65.7 Å². The van der Waals surface area contributed by atoms with E-state index in [-0.39, 0.29) is 5.91 Å². The molecule has 0 radical (unpaired) electrons. The highest BCUT2D eigenvalue weighted by molar-refractivity contribution is 5.78. The Morgan fingerprint density at radius 2 is 2.24 bits per heavy atom. The third-order valence-corrected chi connectivity index (χ3v) is 3.98. The van der Waals surface area contributed by atoms with Crippen molar-refractivity contribution < 1.29 is 14.3 Å². The number of nitrogens with one attached hydrogen (secondary N) is 1. The fraction of sp³-hybridized carbons (Fsp3) is 0.688. The van der Waals surface area contributed by atoms with Gasteiger partial charge in [-0.25, -0.2) is 0 Å². The van der Waals surface area contributed by atoms with E-state index in [2.05, 4.69) is 10.2 Å². The number of hydrogen-bond acceptors (Lipinski definition) is 4. The van der Waals surface area contributed by atoms with Crippen LogP contribution in [0.2, 0.25) is 0 Å². The Hall–Kier alpha value is -1.33. The van der Waals surface area contributed by atoms with Gasteiger partial charge in [-0.1, -0.05) is 19.3 Å². The van der Waals surface area contributed by atoms with Gasteiger partial charge in [0.15, 0.2) is 0 Å². The lowest BCUT2D eigenvalue weighted by molar-refractivity contribution is -0.123. The second kappa shape index (κ2) is 8.20. The third kappa shape index (κ3) is 5.52. The molecule has 1 aliphatic rings. The summed E-state index contributed by atoms with van der Waals surface area (Å²) in [5.74, 6) is 0.737. The van der Waals surface area contributed by atoms with E-state index in [0.29, 0.717) is 25.7 Å². The van der Waals surface area contributed by atoms with Gasteiger partial charge in [-0.05, 0) is 31.9 Å². The number of carbonyl (C=O) groups is 1. The lowest BCUT2D eigenvalue weighted by Gasteiger charge is -2.34. The van der Waals surface area contributed by atoms with Crippen LogP contribution in [-0.4, -0.2) is 41.1 Å². The summed E-state index contributed by atoms with van der Waals surface area (Å²) in [4.78, 5) is 14.2. The van der Waals surface area contributed by atoms with Gasteiger partial charge in [0.05, 0.1) is 25.5 Å². The molecule has 0 saturated heterocycles. The van der Waals surface area contributed by atoms with Gasteiger partial charge in [-0.15, -0.1) is 0 Å². The average molecular weight is 294 g/mol. The molecular weight excluding hydrogens is 268 g/mol. The lowest BCUT2D eigenvalue weighted by atomic mass is 9.94. The molecule has 2 rings (SSSR count). The Morgan fingerprint density at radius 1 is 1.48 bits per heavy atom. The summed E-state index contributed by atoms with van der Waals surface area (Å²) in [5, 5.41) is 12.5. The summed E-state index contributed by atoms with van der Waals surface area (Å²) in [7, 11) is 0. The molecule has 1 saturated carbocycles. The summed E-state index contributed by atoms with van der Waals surface area (Å²) >= 11 is 0. The summed E-state index contributed by atoms with van der Waals surface area (Å²) in [6, 6.07) is 4.07. The van der Waals surface area contributed by atoms with Gasteiger partial charge in [0.1, 0.15) is 5.76 Å². The molecule has 0 spiro atoms. The maximum Gasteiger partial charge on any atom is 0.234 e.